The highest BCUT2D eigenvalue weighted by atomic mass is 16.5. The van der Waals surface area contributed by atoms with Crippen LogP contribution >= 0.6 is 0 Å². The number of hydrogen-bond acceptors (Lipinski definition) is 13. The fourth-order valence-corrected chi connectivity index (χ4v) is 8.92. The van der Waals surface area contributed by atoms with Crippen LogP contribution in [0.1, 0.15) is 92.6 Å². The number of hydrogen-bond donors (Lipinski definition) is 3. The number of benzene rings is 2. The number of methoxy groups -OCH3 is 1. The molecule has 5 heterocycles. The first-order chi connectivity index (χ1) is 30.7. The van der Waals surface area contributed by atoms with Crippen LogP contribution in [0.5, 0.6) is 5.75 Å². The molecule has 17 heteroatoms. The van der Waals surface area contributed by atoms with E-state index in [2.05, 4.69) is 54.9 Å². The summed E-state index contributed by atoms with van der Waals surface area (Å²) in [6, 6.07) is 10.7. The van der Waals surface area contributed by atoms with Crippen LogP contribution in [-0.4, -0.2) is 112 Å². The Labute approximate surface area is 367 Å². The smallest absolute Gasteiger partial charge is 0.255 e. The van der Waals surface area contributed by atoms with Crippen molar-refractivity contribution in [3.05, 3.63) is 65.5 Å². The first-order valence-corrected chi connectivity index (χ1v) is 22.1. The van der Waals surface area contributed by atoms with Crippen LogP contribution in [0.3, 0.4) is 0 Å². The minimum absolute atomic E-state index is 0.0832. The van der Waals surface area contributed by atoms with E-state index in [0.29, 0.717) is 68.5 Å². The van der Waals surface area contributed by atoms with E-state index in [4.69, 9.17) is 14.5 Å². The molecule has 4 amide bonds. The van der Waals surface area contributed by atoms with Crippen LogP contribution in [0.25, 0.3) is 11.3 Å². The molecular weight excluding hydrogens is 803 g/mol. The SMILES string of the molecule is CC[C@@H]1C(=O)N(C)c2cnc(Nc3ccc(-c4cn(CCCOCCCNCCC#Cc5cccc6c5CN(C5CCC(=O)NC5=O)C6=O)nn4)cc3OC)nc2N1C1CCCC1. The van der Waals surface area contributed by atoms with Crippen molar-refractivity contribution in [2.75, 3.05) is 55.6 Å². The van der Waals surface area contributed by atoms with Crippen LogP contribution < -0.4 is 30.5 Å². The molecule has 0 spiro atoms. The first-order valence-electron chi connectivity index (χ1n) is 22.1. The molecular formula is C46H55N11O6. The third-order valence-electron chi connectivity index (χ3n) is 12.2. The molecule has 330 valence electrons. The molecule has 8 rings (SSSR count). The summed E-state index contributed by atoms with van der Waals surface area (Å²) in [4.78, 5) is 65.3. The molecule has 0 bridgehead atoms. The van der Waals surface area contributed by atoms with Gasteiger partial charge in [-0.3, -0.25) is 29.2 Å². The number of ether oxygens (including phenoxy) is 2. The van der Waals surface area contributed by atoms with Gasteiger partial charge >= 0.3 is 0 Å². The van der Waals surface area contributed by atoms with Gasteiger partial charge in [-0.05, 0) is 74.9 Å². The number of likely N-dealkylation sites (N-methyl/N-ethyl adjacent to an activating group) is 1. The highest BCUT2D eigenvalue weighted by molar-refractivity contribution is 6.06. The molecule has 1 aliphatic carbocycles. The van der Waals surface area contributed by atoms with E-state index in [1.807, 2.05) is 41.2 Å². The number of piperidine rings is 1. The lowest BCUT2D eigenvalue weighted by molar-refractivity contribution is -0.137. The van der Waals surface area contributed by atoms with Gasteiger partial charge < -0.3 is 34.8 Å². The first kappa shape index (κ1) is 43.3. The van der Waals surface area contributed by atoms with Crippen LogP contribution in [0, 0.1) is 11.8 Å². The minimum atomic E-state index is -0.644. The highest BCUT2D eigenvalue weighted by Gasteiger charge is 2.42. The summed E-state index contributed by atoms with van der Waals surface area (Å²) in [5.41, 5.74) is 5.21. The zero-order valence-electron chi connectivity index (χ0n) is 36.2. The summed E-state index contributed by atoms with van der Waals surface area (Å²) >= 11 is 0. The van der Waals surface area contributed by atoms with E-state index in [-0.39, 0.29) is 36.2 Å². The van der Waals surface area contributed by atoms with Crippen molar-refractivity contribution in [3.63, 3.8) is 0 Å². The molecule has 1 saturated carbocycles. The molecule has 1 unspecified atom stereocenters. The predicted molar refractivity (Wildman–Crippen MR) is 236 cm³/mol. The minimum Gasteiger partial charge on any atom is -0.495 e. The van der Waals surface area contributed by atoms with Crippen LogP contribution in [0.2, 0.25) is 0 Å². The second-order valence-electron chi connectivity index (χ2n) is 16.3. The largest absolute Gasteiger partial charge is 0.495 e. The quantitative estimate of drug-likeness (QED) is 0.0762. The summed E-state index contributed by atoms with van der Waals surface area (Å²) in [5, 5.41) is 17.8. The van der Waals surface area contributed by atoms with Crippen molar-refractivity contribution in [2.24, 2.45) is 0 Å². The van der Waals surface area contributed by atoms with Crippen molar-refractivity contribution in [3.8, 4) is 28.8 Å². The molecule has 2 aromatic heterocycles. The van der Waals surface area contributed by atoms with Crippen molar-refractivity contribution >= 4 is 46.8 Å². The summed E-state index contributed by atoms with van der Waals surface area (Å²) in [7, 11) is 3.43. The fraction of sp³-hybridized carbons (Fsp3) is 0.478. The average molecular weight is 858 g/mol. The monoisotopic (exact) mass is 857 g/mol. The Bertz CT molecular complexity index is 2400. The number of nitrogens with zero attached hydrogens (tertiary/aromatic N) is 8. The zero-order valence-corrected chi connectivity index (χ0v) is 36.2. The summed E-state index contributed by atoms with van der Waals surface area (Å²) in [6.45, 7) is 5.82. The number of aryl methyl sites for hydroxylation is 1. The second kappa shape index (κ2) is 19.8. The van der Waals surface area contributed by atoms with Gasteiger partial charge in [0.05, 0.1) is 25.2 Å². The Morgan fingerprint density at radius 3 is 2.67 bits per heavy atom. The van der Waals surface area contributed by atoms with Crippen molar-refractivity contribution in [2.45, 2.75) is 102 Å². The Hall–Kier alpha value is -6.38. The van der Waals surface area contributed by atoms with E-state index in [1.165, 1.54) is 0 Å². The highest BCUT2D eigenvalue weighted by Crippen LogP contribution is 2.41. The number of anilines is 4. The van der Waals surface area contributed by atoms with Crippen molar-refractivity contribution in [1.29, 1.82) is 0 Å². The zero-order chi connectivity index (χ0) is 43.9. The molecule has 3 N–H and O–H groups in total. The molecule has 1 saturated heterocycles. The third-order valence-corrected chi connectivity index (χ3v) is 12.2. The van der Waals surface area contributed by atoms with Crippen molar-refractivity contribution < 1.29 is 28.7 Å². The molecule has 17 nitrogen and oxygen atoms in total. The van der Waals surface area contributed by atoms with Gasteiger partial charge in [0.25, 0.3) is 5.91 Å². The van der Waals surface area contributed by atoms with Crippen LogP contribution in [-0.2, 0) is 32.2 Å². The Kier molecular flexibility index (Phi) is 13.6. The van der Waals surface area contributed by atoms with Gasteiger partial charge in [0, 0.05) is 75.5 Å². The molecule has 0 radical (unpaired) electrons. The van der Waals surface area contributed by atoms with Gasteiger partial charge in [0.1, 0.15) is 29.2 Å². The predicted octanol–water partition coefficient (Wildman–Crippen LogP) is 4.58. The number of rotatable bonds is 17. The Balaban J connectivity index is 0.748. The van der Waals surface area contributed by atoms with E-state index >= 15 is 0 Å². The number of carbonyl (C=O) groups is 4. The van der Waals surface area contributed by atoms with Gasteiger partial charge in [-0.2, -0.15) is 4.98 Å². The lowest BCUT2D eigenvalue weighted by atomic mass is 10.0. The maximum Gasteiger partial charge on any atom is 0.255 e. The number of carbonyl (C=O) groups excluding carboxylic acids is 4. The number of imide groups is 1. The second-order valence-corrected chi connectivity index (χ2v) is 16.3. The number of nitrogens with one attached hydrogen (secondary N) is 3. The average Bonchev–Trinajstić information content (AvgIpc) is 4.07. The van der Waals surface area contributed by atoms with E-state index < -0.39 is 11.9 Å². The molecule has 2 fully saturated rings. The number of aromatic nitrogens is 5. The standard InChI is InChI=1S/C46H55N11O6/c1-4-37-45(61)54(2)39-27-48-46(51-42(39)57(37)32-14-5-6-15-32)49-35-18-17-31(26-40(35)62-3)36-29-55(53-52-36)23-11-25-63-24-10-22-47-21-8-7-12-30-13-9-16-33-34(30)28-56(44(33)60)38-19-20-41(58)50-43(38)59/h9,13,16-18,26-27,29,32,37-38,47H,4-6,8,10-11,14-15,19-25,28H2,1-3H3,(H,48,49,51)(H,50,58,59)/t37-,38?/m1/s1. The fourth-order valence-electron chi connectivity index (χ4n) is 8.92. The summed E-state index contributed by atoms with van der Waals surface area (Å²) in [6.07, 6.45) is 11.6. The Morgan fingerprint density at radius 2 is 1.86 bits per heavy atom. The van der Waals surface area contributed by atoms with Crippen LogP contribution in [0.15, 0.2) is 48.8 Å². The lowest BCUT2D eigenvalue weighted by Crippen LogP contribution is -2.55. The lowest BCUT2D eigenvalue weighted by Gasteiger charge is -2.43. The normalized spacial score (nSPS) is 18.6. The van der Waals surface area contributed by atoms with Crippen molar-refractivity contribution in [1.82, 2.24) is 40.5 Å². The van der Waals surface area contributed by atoms with E-state index in [0.717, 1.165) is 85.5 Å². The Morgan fingerprint density at radius 1 is 1.02 bits per heavy atom. The van der Waals surface area contributed by atoms with Gasteiger partial charge in [-0.15, -0.1) is 5.10 Å². The number of amides is 4. The maximum absolute atomic E-state index is 13.3. The maximum atomic E-state index is 13.3. The summed E-state index contributed by atoms with van der Waals surface area (Å²) < 4.78 is 13.5. The van der Waals surface area contributed by atoms with Crippen LogP contribution in [0.4, 0.5) is 23.1 Å². The molecule has 4 aliphatic rings. The van der Waals surface area contributed by atoms with Gasteiger partial charge in [0.2, 0.25) is 23.7 Å². The molecule has 63 heavy (non-hydrogen) atoms. The third kappa shape index (κ3) is 9.52. The molecule has 4 aromatic rings. The summed E-state index contributed by atoms with van der Waals surface area (Å²) in [5.74, 6) is 7.41. The van der Waals surface area contributed by atoms with E-state index in [9.17, 15) is 19.2 Å². The van der Waals surface area contributed by atoms with Gasteiger partial charge in [0.15, 0.2) is 5.82 Å². The van der Waals surface area contributed by atoms with Gasteiger partial charge in [-0.25, -0.2) is 4.98 Å². The molecule has 2 atom stereocenters. The van der Waals surface area contributed by atoms with Gasteiger partial charge in [-0.1, -0.05) is 49.0 Å². The molecule has 3 aliphatic heterocycles. The molecule has 2 aromatic carbocycles. The van der Waals surface area contributed by atoms with E-state index in [1.54, 1.807) is 36.2 Å². The topological polar surface area (TPSA) is 189 Å². The number of fused-ring (bicyclic) bond motifs is 2.